The molecule has 0 unspecified atom stereocenters. The second kappa shape index (κ2) is 2.84. The average Bonchev–Trinajstić information content (AvgIpc) is 2.05. The molecular weight excluding hydrogens is 138 g/mol. The Balaban J connectivity index is 3.25. The summed E-state index contributed by atoms with van der Waals surface area (Å²) in [6.07, 6.45) is 1.14. The van der Waals surface area contributed by atoms with Gasteiger partial charge in [-0.15, -0.1) is 0 Å². The summed E-state index contributed by atoms with van der Waals surface area (Å²) in [5.74, 6) is 0. The standard InChI is InChI=1S/C8H7N3/c9-4-6-1-2-8(11)7(3-6)5-10/h1-3,5,10H,11H2. The zero-order chi connectivity index (χ0) is 8.27. The van der Waals surface area contributed by atoms with E-state index in [0.717, 1.165) is 6.21 Å². The van der Waals surface area contributed by atoms with Gasteiger partial charge >= 0.3 is 0 Å². The van der Waals surface area contributed by atoms with Crippen molar-refractivity contribution >= 4 is 11.9 Å². The third kappa shape index (κ3) is 1.36. The Kier molecular flexibility index (Phi) is 1.88. The Morgan fingerprint density at radius 2 is 2.27 bits per heavy atom. The van der Waals surface area contributed by atoms with Crippen molar-refractivity contribution in [3.8, 4) is 6.07 Å². The first-order valence-corrected chi connectivity index (χ1v) is 3.08. The highest BCUT2D eigenvalue weighted by Crippen LogP contribution is 2.10. The Morgan fingerprint density at radius 1 is 1.55 bits per heavy atom. The maximum Gasteiger partial charge on any atom is 0.0991 e. The molecule has 0 spiro atoms. The van der Waals surface area contributed by atoms with Gasteiger partial charge in [0.25, 0.3) is 0 Å². The molecule has 0 aliphatic rings. The van der Waals surface area contributed by atoms with Crippen LogP contribution in [0.3, 0.4) is 0 Å². The van der Waals surface area contributed by atoms with E-state index >= 15 is 0 Å². The molecule has 0 saturated carbocycles. The first-order chi connectivity index (χ1) is 5.27. The minimum absolute atomic E-state index is 0.526. The molecule has 0 heterocycles. The fraction of sp³-hybridized carbons (Fsp3) is 0. The van der Waals surface area contributed by atoms with E-state index < -0.39 is 0 Å². The molecule has 1 rings (SSSR count). The van der Waals surface area contributed by atoms with Crippen molar-refractivity contribution in [3.05, 3.63) is 29.3 Å². The second-order valence-electron chi connectivity index (χ2n) is 2.10. The van der Waals surface area contributed by atoms with Gasteiger partial charge in [0.1, 0.15) is 0 Å². The van der Waals surface area contributed by atoms with Crippen LogP contribution >= 0.6 is 0 Å². The largest absolute Gasteiger partial charge is 0.398 e. The number of anilines is 1. The maximum atomic E-state index is 8.48. The van der Waals surface area contributed by atoms with Crippen LogP contribution in [0.1, 0.15) is 11.1 Å². The van der Waals surface area contributed by atoms with Gasteiger partial charge in [-0.2, -0.15) is 5.26 Å². The van der Waals surface area contributed by atoms with Gasteiger partial charge in [0.15, 0.2) is 0 Å². The molecule has 3 N–H and O–H groups in total. The highest BCUT2D eigenvalue weighted by atomic mass is 14.6. The molecule has 3 nitrogen and oxygen atoms in total. The fourth-order valence-electron chi connectivity index (χ4n) is 0.769. The molecule has 0 aromatic heterocycles. The molecule has 0 aliphatic heterocycles. The lowest BCUT2D eigenvalue weighted by Crippen LogP contribution is -1.92. The number of hydrogen-bond donors (Lipinski definition) is 2. The molecule has 0 bridgehead atoms. The third-order valence-corrected chi connectivity index (χ3v) is 1.37. The summed E-state index contributed by atoms with van der Waals surface area (Å²) in [7, 11) is 0. The number of nitrogens with zero attached hydrogens (tertiary/aromatic N) is 1. The molecule has 0 amide bonds. The molecule has 1 aromatic carbocycles. The minimum Gasteiger partial charge on any atom is -0.398 e. The van der Waals surface area contributed by atoms with E-state index in [9.17, 15) is 0 Å². The van der Waals surface area contributed by atoms with E-state index in [1.165, 1.54) is 0 Å². The van der Waals surface area contributed by atoms with E-state index in [0.29, 0.717) is 16.8 Å². The van der Waals surface area contributed by atoms with Gasteiger partial charge in [0.2, 0.25) is 0 Å². The van der Waals surface area contributed by atoms with Crippen LogP contribution in [0.4, 0.5) is 5.69 Å². The average molecular weight is 145 g/mol. The molecule has 11 heavy (non-hydrogen) atoms. The molecule has 0 saturated heterocycles. The van der Waals surface area contributed by atoms with Crippen LogP contribution in [0, 0.1) is 16.7 Å². The van der Waals surface area contributed by atoms with E-state index in [4.69, 9.17) is 16.4 Å². The molecule has 0 aliphatic carbocycles. The predicted octanol–water partition coefficient (Wildman–Crippen LogP) is 1.14. The van der Waals surface area contributed by atoms with Crippen molar-refractivity contribution in [1.82, 2.24) is 0 Å². The topological polar surface area (TPSA) is 73.7 Å². The Hall–Kier alpha value is -1.82. The Morgan fingerprint density at radius 3 is 2.82 bits per heavy atom. The summed E-state index contributed by atoms with van der Waals surface area (Å²) >= 11 is 0. The molecule has 0 atom stereocenters. The van der Waals surface area contributed by atoms with Crippen LogP contribution in [-0.2, 0) is 0 Å². The molecule has 54 valence electrons. The van der Waals surface area contributed by atoms with Crippen molar-refractivity contribution in [3.63, 3.8) is 0 Å². The molecule has 0 radical (unpaired) electrons. The lowest BCUT2D eigenvalue weighted by atomic mass is 10.1. The van der Waals surface area contributed by atoms with Crippen molar-refractivity contribution in [2.24, 2.45) is 0 Å². The predicted molar refractivity (Wildman–Crippen MR) is 43.5 cm³/mol. The number of nitrogens with one attached hydrogen (secondary N) is 1. The number of rotatable bonds is 1. The smallest absolute Gasteiger partial charge is 0.0991 e. The van der Waals surface area contributed by atoms with Crippen molar-refractivity contribution < 1.29 is 0 Å². The van der Waals surface area contributed by atoms with Crippen molar-refractivity contribution in [2.75, 3.05) is 5.73 Å². The summed E-state index contributed by atoms with van der Waals surface area (Å²) in [6, 6.07) is 6.81. The monoisotopic (exact) mass is 145 g/mol. The molecule has 3 heteroatoms. The van der Waals surface area contributed by atoms with E-state index in [1.54, 1.807) is 18.2 Å². The first kappa shape index (κ1) is 7.29. The van der Waals surface area contributed by atoms with Gasteiger partial charge in [0, 0.05) is 17.5 Å². The summed E-state index contributed by atoms with van der Waals surface area (Å²) < 4.78 is 0. The zero-order valence-electron chi connectivity index (χ0n) is 5.83. The van der Waals surface area contributed by atoms with Crippen LogP contribution in [0.25, 0.3) is 0 Å². The van der Waals surface area contributed by atoms with Crippen LogP contribution in [0.5, 0.6) is 0 Å². The SMILES string of the molecule is N#Cc1ccc(N)c(C=N)c1. The van der Waals surface area contributed by atoms with Crippen molar-refractivity contribution in [2.45, 2.75) is 0 Å². The normalized spacial score (nSPS) is 8.64. The minimum atomic E-state index is 0.526. The maximum absolute atomic E-state index is 8.48. The van der Waals surface area contributed by atoms with Crippen LogP contribution in [0.2, 0.25) is 0 Å². The van der Waals surface area contributed by atoms with Crippen LogP contribution in [0.15, 0.2) is 18.2 Å². The van der Waals surface area contributed by atoms with Gasteiger partial charge in [-0.3, -0.25) is 0 Å². The summed E-state index contributed by atoms with van der Waals surface area (Å²) in [5.41, 5.74) is 7.13. The van der Waals surface area contributed by atoms with E-state index in [1.807, 2.05) is 6.07 Å². The quantitative estimate of drug-likeness (QED) is 0.459. The molecule has 0 fully saturated rings. The van der Waals surface area contributed by atoms with Gasteiger partial charge < -0.3 is 11.1 Å². The van der Waals surface area contributed by atoms with Crippen LogP contribution in [-0.4, -0.2) is 6.21 Å². The van der Waals surface area contributed by atoms with Gasteiger partial charge in [-0.05, 0) is 18.2 Å². The van der Waals surface area contributed by atoms with E-state index in [2.05, 4.69) is 0 Å². The molecule has 1 aromatic rings. The second-order valence-corrected chi connectivity index (χ2v) is 2.10. The highest BCUT2D eigenvalue weighted by molar-refractivity contribution is 5.85. The summed E-state index contributed by atoms with van der Waals surface area (Å²) in [5, 5.41) is 15.4. The number of benzene rings is 1. The Bertz CT molecular complexity index is 323. The summed E-state index contributed by atoms with van der Waals surface area (Å²) in [4.78, 5) is 0. The Labute approximate surface area is 64.6 Å². The summed E-state index contributed by atoms with van der Waals surface area (Å²) in [6.45, 7) is 0. The van der Waals surface area contributed by atoms with Gasteiger partial charge in [-0.25, -0.2) is 0 Å². The lowest BCUT2D eigenvalue weighted by Gasteiger charge is -1.97. The lowest BCUT2D eigenvalue weighted by molar-refractivity contribution is 1.47. The van der Waals surface area contributed by atoms with Gasteiger partial charge in [0.05, 0.1) is 11.6 Å². The van der Waals surface area contributed by atoms with Crippen LogP contribution < -0.4 is 5.73 Å². The zero-order valence-corrected chi connectivity index (χ0v) is 5.83. The number of nitriles is 1. The van der Waals surface area contributed by atoms with Gasteiger partial charge in [-0.1, -0.05) is 0 Å². The fourth-order valence-corrected chi connectivity index (χ4v) is 0.769. The highest BCUT2D eigenvalue weighted by Gasteiger charge is 1.96. The number of nitrogen functional groups attached to an aromatic ring is 1. The van der Waals surface area contributed by atoms with E-state index in [-0.39, 0.29) is 0 Å². The third-order valence-electron chi connectivity index (χ3n) is 1.37. The molecular formula is C8H7N3. The number of hydrogen-bond acceptors (Lipinski definition) is 3. The first-order valence-electron chi connectivity index (χ1n) is 3.08. The van der Waals surface area contributed by atoms with Crippen molar-refractivity contribution in [1.29, 1.82) is 10.7 Å². The number of nitrogens with two attached hydrogens (primary N) is 1.